The number of nitrogens with zero attached hydrogens (tertiary/aromatic N) is 1. The molecule has 1 aliphatic rings. The van der Waals surface area contributed by atoms with Gasteiger partial charge in [-0.2, -0.15) is 0 Å². The third kappa shape index (κ3) is 3.65. The Morgan fingerprint density at radius 3 is 2.61 bits per heavy atom. The molecule has 1 heterocycles. The van der Waals surface area contributed by atoms with Crippen molar-refractivity contribution in [2.75, 3.05) is 19.7 Å². The van der Waals surface area contributed by atoms with Gasteiger partial charge in [-0.05, 0) is 13.8 Å². The first-order valence-corrected chi connectivity index (χ1v) is 6.46. The quantitative estimate of drug-likeness (QED) is 0.831. The molecule has 0 bridgehead atoms. The van der Waals surface area contributed by atoms with E-state index in [-0.39, 0.29) is 31.6 Å². The molecule has 2 atom stereocenters. The Labute approximate surface area is 108 Å². The molecule has 0 saturated carbocycles. The van der Waals surface area contributed by atoms with E-state index in [0.29, 0.717) is 6.54 Å². The van der Waals surface area contributed by atoms with Crippen molar-refractivity contribution in [2.45, 2.75) is 52.5 Å². The molecule has 5 heteroatoms. The van der Waals surface area contributed by atoms with Crippen LogP contribution < -0.4 is 0 Å². The number of aliphatic hydroxyl groups excluding tert-OH is 1. The van der Waals surface area contributed by atoms with Crippen molar-refractivity contribution in [3.8, 4) is 0 Å². The van der Waals surface area contributed by atoms with Crippen LogP contribution in [0.5, 0.6) is 0 Å². The van der Waals surface area contributed by atoms with E-state index in [1.54, 1.807) is 0 Å². The van der Waals surface area contributed by atoms with Crippen LogP contribution in [0.1, 0.15) is 34.1 Å². The lowest BCUT2D eigenvalue weighted by Gasteiger charge is -2.46. The van der Waals surface area contributed by atoms with E-state index in [9.17, 15) is 9.18 Å². The van der Waals surface area contributed by atoms with Crippen LogP contribution in [-0.4, -0.2) is 54.0 Å². The highest BCUT2D eigenvalue weighted by Gasteiger charge is 2.45. The molecular formula is C13H24FNO3. The maximum atomic E-state index is 14.2. The molecule has 106 valence electrons. The van der Waals surface area contributed by atoms with Crippen LogP contribution in [0, 0.1) is 5.41 Å². The minimum absolute atomic E-state index is 0.0350. The first kappa shape index (κ1) is 15.4. The number of rotatable bonds is 4. The number of piperidine rings is 1. The van der Waals surface area contributed by atoms with E-state index in [1.165, 1.54) is 4.90 Å². The summed E-state index contributed by atoms with van der Waals surface area (Å²) in [5, 5.41) is 8.77. The largest absolute Gasteiger partial charge is 0.396 e. The van der Waals surface area contributed by atoms with E-state index >= 15 is 0 Å². The number of alkyl halides is 1. The minimum atomic E-state index is -1.18. The van der Waals surface area contributed by atoms with Crippen molar-refractivity contribution in [3.63, 3.8) is 0 Å². The van der Waals surface area contributed by atoms with Gasteiger partial charge in [-0.1, -0.05) is 13.8 Å². The van der Waals surface area contributed by atoms with Crippen molar-refractivity contribution in [1.82, 2.24) is 4.90 Å². The van der Waals surface area contributed by atoms with E-state index in [0.717, 1.165) is 0 Å². The average Bonchev–Trinajstić information content (AvgIpc) is 2.23. The molecule has 0 unspecified atom stereocenters. The zero-order valence-electron chi connectivity index (χ0n) is 11.6. The first-order valence-electron chi connectivity index (χ1n) is 6.46. The van der Waals surface area contributed by atoms with Gasteiger partial charge in [-0.25, -0.2) is 4.39 Å². The van der Waals surface area contributed by atoms with Crippen LogP contribution in [0.3, 0.4) is 0 Å². The Kier molecular flexibility index (Phi) is 5.10. The maximum absolute atomic E-state index is 14.2. The summed E-state index contributed by atoms with van der Waals surface area (Å²) in [5.74, 6) is -0.198. The normalized spacial score (nSPS) is 27.6. The Morgan fingerprint density at radius 2 is 2.17 bits per heavy atom. The van der Waals surface area contributed by atoms with Gasteiger partial charge >= 0.3 is 0 Å². The summed E-state index contributed by atoms with van der Waals surface area (Å²) in [6.07, 6.45) is -1.65. The smallest absolute Gasteiger partial charge is 0.224 e. The summed E-state index contributed by atoms with van der Waals surface area (Å²) in [4.78, 5) is 13.2. The number of likely N-dealkylation sites (tertiary alicyclic amines) is 1. The van der Waals surface area contributed by atoms with Gasteiger partial charge in [0.1, 0.15) is 6.17 Å². The van der Waals surface area contributed by atoms with Crippen LogP contribution in [0.4, 0.5) is 4.39 Å². The summed E-state index contributed by atoms with van der Waals surface area (Å²) in [7, 11) is 0. The molecule has 1 amide bonds. The Bertz CT molecular complexity index is 294. The molecule has 18 heavy (non-hydrogen) atoms. The van der Waals surface area contributed by atoms with Crippen LogP contribution >= 0.6 is 0 Å². The molecule has 0 radical (unpaired) electrons. The summed E-state index contributed by atoms with van der Waals surface area (Å²) in [5.41, 5.74) is -0.424. The summed E-state index contributed by atoms with van der Waals surface area (Å²) >= 11 is 0. The molecule has 1 fully saturated rings. The van der Waals surface area contributed by atoms with E-state index in [4.69, 9.17) is 9.84 Å². The lowest BCUT2D eigenvalue weighted by atomic mass is 9.80. The summed E-state index contributed by atoms with van der Waals surface area (Å²) < 4.78 is 19.8. The second kappa shape index (κ2) is 5.97. The van der Waals surface area contributed by atoms with Crippen molar-refractivity contribution in [1.29, 1.82) is 0 Å². The molecule has 0 spiro atoms. The topological polar surface area (TPSA) is 49.8 Å². The zero-order chi connectivity index (χ0) is 13.9. The third-order valence-electron chi connectivity index (χ3n) is 3.19. The Morgan fingerprint density at radius 1 is 1.56 bits per heavy atom. The van der Waals surface area contributed by atoms with Gasteiger partial charge in [0.05, 0.1) is 25.4 Å². The Hall–Kier alpha value is -0.680. The monoisotopic (exact) mass is 261 g/mol. The SMILES string of the molecule is CC(C)O[C@@H]1[C@H](F)CN(C(=O)CCO)CC1(C)C. The average molecular weight is 261 g/mol. The standard InChI is InChI=1S/C13H24FNO3/c1-9(2)18-12-10(14)7-15(8-13(12,3)4)11(17)5-6-16/h9-10,12,16H,5-8H2,1-4H3/t10-,12-/m1/s1. The van der Waals surface area contributed by atoms with Crippen molar-refractivity contribution in [2.24, 2.45) is 5.41 Å². The fourth-order valence-corrected chi connectivity index (χ4v) is 2.45. The van der Waals surface area contributed by atoms with Crippen LogP contribution in [0.25, 0.3) is 0 Å². The second-order valence-electron chi connectivity index (χ2n) is 5.86. The number of aliphatic hydroxyl groups is 1. The van der Waals surface area contributed by atoms with Crippen LogP contribution in [-0.2, 0) is 9.53 Å². The maximum Gasteiger partial charge on any atom is 0.224 e. The molecule has 0 aromatic carbocycles. The number of amides is 1. The van der Waals surface area contributed by atoms with Gasteiger partial charge in [0.2, 0.25) is 5.91 Å². The van der Waals surface area contributed by atoms with Gasteiger partial charge in [0, 0.05) is 18.4 Å². The lowest BCUT2D eigenvalue weighted by molar-refractivity contribution is -0.157. The summed E-state index contributed by atoms with van der Waals surface area (Å²) in [6, 6.07) is 0. The molecule has 4 nitrogen and oxygen atoms in total. The van der Waals surface area contributed by atoms with E-state index in [1.807, 2.05) is 27.7 Å². The molecule has 0 aromatic heterocycles. The number of hydrogen-bond acceptors (Lipinski definition) is 3. The minimum Gasteiger partial charge on any atom is -0.396 e. The molecule has 0 aromatic rings. The lowest BCUT2D eigenvalue weighted by Crippen LogP contribution is -2.58. The number of ether oxygens (including phenoxy) is 1. The Balaban J connectivity index is 2.73. The molecule has 1 N–H and O–H groups in total. The van der Waals surface area contributed by atoms with Crippen LogP contribution in [0.2, 0.25) is 0 Å². The van der Waals surface area contributed by atoms with Gasteiger partial charge in [-0.3, -0.25) is 4.79 Å². The molecule has 0 aliphatic carbocycles. The number of halogens is 1. The first-order chi connectivity index (χ1) is 8.27. The highest BCUT2D eigenvalue weighted by molar-refractivity contribution is 5.76. The highest BCUT2D eigenvalue weighted by atomic mass is 19.1. The van der Waals surface area contributed by atoms with Crippen molar-refractivity contribution in [3.05, 3.63) is 0 Å². The fourth-order valence-electron chi connectivity index (χ4n) is 2.45. The van der Waals surface area contributed by atoms with Gasteiger partial charge in [0.25, 0.3) is 0 Å². The number of hydrogen-bond donors (Lipinski definition) is 1. The highest BCUT2D eigenvalue weighted by Crippen LogP contribution is 2.34. The predicted octanol–water partition coefficient (Wildman–Crippen LogP) is 1.37. The van der Waals surface area contributed by atoms with E-state index < -0.39 is 17.7 Å². The van der Waals surface area contributed by atoms with Crippen molar-refractivity contribution >= 4 is 5.91 Å². The molecule has 1 saturated heterocycles. The van der Waals surface area contributed by atoms with Gasteiger partial charge in [0.15, 0.2) is 0 Å². The summed E-state index contributed by atoms with van der Waals surface area (Å²) in [6.45, 7) is 7.90. The number of carbonyl (C=O) groups is 1. The van der Waals surface area contributed by atoms with Crippen LogP contribution in [0.15, 0.2) is 0 Å². The molecule has 1 rings (SSSR count). The fraction of sp³-hybridized carbons (Fsp3) is 0.923. The third-order valence-corrected chi connectivity index (χ3v) is 3.19. The van der Waals surface area contributed by atoms with Crippen molar-refractivity contribution < 1.29 is 19.0 Å². The van der Waals surface area contributed by atoms with E-state index in [2.05, 4.69) is 0 Å². The second-order valence-corrected chi connectivity index (χ2v) is 5.86. The number of carbonyl (C=O) groups excluding carboxylic acids is 1. The van der Waals surface area contributed by atoms with Gasteiger partial charge in [-0.15, -0.1) is 0 Å². The predicted molar refractivity (Wildman–Crippen MR) is 67.0 cm³/mol. The zero-order valence-corrected chi connectivity index (χ0v) is 11.6. The van der Waals surface area contributed by atoms with Gasteiger partial charge < -0.3 is 14.7 Å². The molecule has 1 aliphatic heterocycles. The molecular weight excluding hydrogens is 237 g/mol.